The SMILES string of the molecule is CCOC(=O)c1cc(-c2cc(C(F)(F)F)cc(C(F)(F)F)c2)nn1C. The van der Waals surface area contributed by atoms with Crippen LogP contribution in [0.15, 0.2) is 24.3 Å². The fourth-order valence-electron chi connectivity index (χ4n) is 2.11. The van der Waals surface area contributed by atoms with Crippen molar-refractivity contribution in [3.8, 4) is 11.3 Å². The summed E-state index contributed by atoms with van der Waals surface area (Å²) in [7, 11) is 1.33. The Balaban J connectivity index is 2.59. The first-order valence-electron chi connectivity index (χ1n) is 6.94. The van der Waals surface area contributed by atoms with E-state index in [1.54, 1.807) is 6.92 Å². The van der Waals surface area contributed by atoms with E-state index in [1.807, 2.05) is 0 Å². The summed E-state index contributed by atoms with van der Waals surface area (Å²) >= 11 is 0. The molecule has 2 rings (SSSR count). The van der Waals surface area contributed by atoms with E-state index in [-0.39, 0.29) is 24.1 Å². The smallest absolute Gasteiger partial charge is 0.416 e. The van der Waals surface area contributed by atoms with Crippen LogP contribution in [0.4, 0.5) is 26.3 Å². The summed E-state index contributed by atoms with van der Waals surface area (Å²) < 4.78 is 83.2. The number of ether oxygens (including phenoxy) is 1. The van der Waals surface area contributed by atoms with Gasteiger partial charge in [-0.05, 0) is 31.2 Å². The van der Waals surface area contributed by atoms with Gasteiger partial charge >= 0.3 is 18.3 Å². The zero-order valence-electron chi connectivity index (χ0n) is 13.0. The maximum Gasteiger partial charge on any atom is 0.416 e. The standard InChI is InChI=1S/C15H12F6N2O2/c1-3-25-13(24)12-7-11(22-23(12)2)8-4-9(14(16,17)18)6-10(5-8)15(19,20)21/h4-7H,3H2,1-2H3. The fourth-order valence-corrected chi connectivity index (χ4v) is 2.11. The van der Waals surface area contributed by atoms with E-state index in [0.717, 1.165) is 10.7 Å². The molecule has 0 saturated carbocycles. The molecular weight excluding hydrogens is 354 g/mol. The van der Waals surface area contributed by atoms with Gasteiger partial charge in [-0.1, -0.05) is 0 Å². The number of hydrogen-bond donors (Lipinski definition) is 0. The van der Waals surface area contributed by atoms with Crippen molar-refractivity contribution in [2.45, 2.75) is 19.3 Å². The predicted molar refractivity (Wildman–Crippen MR) is 74.6 cm³/mol. The van der Waals surface area contributed by atoms with E-state index in [9.17, 15) is 31.1 Å². The lowest BCUT2D eigenvalue weighted by Crippen LogP contribution is -2.11. The van der Waals surface area contributed by atoms with E-state index < -0.39 is 35.0 Å². The Morgan fingerprint density at radius 2 is 1.56 bits per heavy atom. The van der Waals surface area contributed by atoms with Gasteiger partial charge in [0.15, 0.2) is 0 Å². The van der Waals surface area contributed by atoms with Crippen molar-refractivity contribution >= 4 is 5.97 Å². The number of halogens is 6. The van der Waals surface area contributed by atoms with Gasteiger partial charge in [-0.2, -0.15) is 31.4 Å². The van der Waals surface area contributed by atoms with Crippen LogP contribution in [0.25, 0.3) is 11.3 Å². The van der Waals surface area contributed by atoms with Gasteiger partial charge in [-0.25, -0.2) is 4.79 Å². The van der Waals surface area contributed by atoms with Crippen LogP contribution < -0.4 is 0 Å². The second-order valence-corrected chi connectivity index (χ2v) is 5.05. The minimum atomic E-state index is -4.96. The van der Waals surface area contributed by atoms with Crippen molar-refractivity contribution in [1.29, 1.82) is 0 Å². The number of hydrogen-bond acceptors (Lipinski definition) is 3. The predicted octanol–water partition coefficient (Wildman–Crippen LogP) is 4.30. The summed E-state index contributed by atoms with van der Waals surface area (Å²) in [4.78, 5) is 11.7. The highest BCUT2D eigenvalue weighted by molar-refractivity contribution is 5.89. The summed E-state index contributed by atoms with van der Waals surface area (Å²) in [6, 6.07) is 2.20. The van der Waals surface area contributed by atoms with E-state index in [0.29, 0.717) is 12.1 Å². The van der Waals surface area contributed by atoms with Crippen molar-refractivity contribution in [2.75, 3.05) is 6.61 Å². The molecule has 10 heteroatoms. The first-order chi connectivity index (χ1) is 11.4. The van der Waals surface area contributed by atoms with Crippen molar-refractivity contribution < 1.29 is 35.9 Å². The largest absolute Gasteiger partial charge is 0.461 e. The highest BCUT2D eigenvalue weighted by Crippen LogP contribution is 2.38. The number of esters is 1. The summed E-state index contributed by atoms with van der Waals surface area (Å²) in [6.45, 7) is 1.61. The second-order valence-electron chi connectivity index (χ2n) is 5.05. The molecule has 0 bridgehead atoms. The van der Waals surface area contributed by atoms with E-state index in [4.69, 9.17) is 4.74 Å². The zero-order valence-corrected chi connectivity index (χ0v) is 13.0. The molecule has 0 unspecified atom stereocenters. The lowest BCUT2D eigenvalue weighted by Gasteiger charge is -2.13. The Bertz CT molecular complexity index is 760. The maximum absolute atomic E-state index is 12.9. The van der Waals surface area contributed by atoms with E-state index >= 15 is 0 Å². The molecule has 136 valence electrons. The van der Waals surface area contributed by atoms with Gasteiger partial charge in [0.1, 0.15) is 5.69 Å². The number of benzene rings is 1. The molecule has 0 atom stereocenters. The topological polar surface area (TPSA) is 44.1 Å². The molecule has 1 aromatic heterocycles. The van der Waals surface area contributed by atoms with Gasteiger partial charge in [0.05, 0.1) is 23.4 Å². The summed E-state index contributed by atoms with van der Waals surface area (Å²) in [5.74, 6) is -0.785. The average molecular weight is 366 g/mol. The monoisotopic (exact) mass is 366 g/mol. The molecule has 0 N–H and O–H groups in total. The normalized spacial score (nSPS) is 12.3. The average Bonchev–Trinajstić information content (AvgIpc) is 2.87. The lowest BCUT2D eigenvalue weighted by atomic mass is 10.0. The van der Waals surface area contributed by atoms with Crippen LogP contribution in [0.1, 0.15) is 28.5 Å². The number of carbonyl (C=O) groups is 1. The first-order valence-corrected chi connectivity index (χ1v) is 6.94. The zero-order chi connectivity index (χ0) is 19.0. The van der Waals surface area contributed by atoms with Crippen LogP contribution in [0, 0.1) is 0 Å². The van der Waals surface area contributed by atoms with Crippen molar-refractivity contribution in [3.05, 3.63) is 41.1 Å². The highest BCUT2D eigenvalue weighted by atomic mass is 19.4. The lowest BCUT2D eigenvalue weighted by molar-refractivity contribution is -0.143. The van der Waals surface area contributed by atoms with Gasteiger partial charge in [0.25, 0.3) is 0 Å². The number of aromatic nitrogens is 2. The van der Waals surface area contributed by atoms with E-state index in [1.165, 1.54) is 7.05 Å². The Hall–Kier alpha value is -2.52. The van der Waals surface area contributed by atoms with Crippen molar-refractivity contribution in [3.63, 3.8) is 0 Å². The van der Waals surface area contributed by atoms with Gasteiger partial charge in [0, 0.05) is 12.6 Å². The molecule has 0 saturated heterocycles. The quantitative estimate of drug-likeness (QED) is 0.601. The molecular formula is C15H12F6N2O2. The first kappa shape index (κ1) is 18.8. The molecule has 25 heavy (non-hydrogen) atoms. The van der Waals surface area contributed by atoms with Gasteiger partial charge in [-0.3, -0.25) is 4.68 Å². The third-order valence-electron chi connectivity index (χ3n) is 3.25. The number of aryl methyl sites for hydroxylation is 1. The summed E-state index contributed by atoms with van der Waals surface area (Å²) in [5, 5.41) is 3.81. The second kappa shape index (κ2) is 6.41. The molecule has 1 aromatic carbocycles. The molecule has 0 aliphatic rings. The molecule has 1 heterocycles. The molecule has 0 aliphatic heterocycles. The summed E-state index contributed by atoms with van der Waals surface area (Å²) in [6.07, 6.45) is -9.93. The van der Waals surface area contributed by atoms with Crippen molar-refractivity contribution in [1.82, 2.24) is 9.78 Å². The van der Waals surface area contributed by atoms with Crippen LogP contribution in [0.5, 0.6) is 0 Å². The van der Waals surface area contributed by atoms with Crippen LogP contribution in [0.3, 0.4) is 0 Å². The Kier molecular flexibility index (Phi) is 4.83. The van der Waals surface area contributed by atoms with Gasteiger partial charge < -0.3 is 4.74 Å². The van der Waals surface area contributed by atoms with Crippen LogP contribution in [-0.4, -0.2) is 22.4 Å². The van der Waals surface area contributed by atoms with E-state index in [2.05, 4.69) is 5.10 Å². The molecule has 0 radical (unpaired) electrons. The van der Waals surface area contributed by atoms with Gasteiger partial charge in [0.2, 0.25) is 0 Å². The third-order valence-corrected chi connectivity index (χ3v) is 3.25. The number of nitrogens with zero attached hydrogens (tertiary/aromatic N) is 2. The van der Waals surface area contributed by atoms with Gasteiger partial charge in [-0.15, -0.1) is 0 Å². The van der Waals surface area contributed by atoms with Crippen molar-refractivity contribution in [2.24, 2.45) is 7.05 Å². The minimum Gasteiger partial charge on any atom is -0.461 e. The molecule has 0 fully saturated rings. The fraction of sp³-hybridized carbons (Fsp3) is 0.333. The number of carbonyl (C=O) groups excluding carboxylic acids is 1. The molecule has 4 nitrogen and oxygen atoms in total. The van der Waals surface area contributed by atoms with Crippen LogP contribution in [0.2, 0.25) is 0 Å². The summed E-state index contributed by atoms with van der Waals surface area (Å²) in [5.41, 5.74) is -3.63. The minimum absolute atomic E-state index is 0.0265. The molecule has 0 spiro atoms. The molecule has 0 amide bonds. The molecule has 2 aromatic rings. The van der Waals surface area contributed by atoms with Crippen LogP contribution >= 0.6 is 0 Å². The maximum atomic E-state index is 12.9. The number of rotatable bonds is 3. The Labute approximate surface area is 138 Å². The third kappa shape index (κ3) is 4.12. The Morgan fingerprint density at radius 3 is 2.00 bits per heavy atom. The molecule has 0 aliphatic carbocycles. The number of alkyl halides is 6. The van der Waals surface area contributed by atoms with Crippen LogP contribution in [-0.2, 0) is 24.1 Å². The Morgan fingerprint density at radius 1 is 1.04 bits per heavy atom. The highest BCUT2D eigenvalue weighted by Gasteiger charge is 2.37.